The van der Waals surface area contributed by atoms with Crippen LogP contribution in [0.5, 0.6) is 0 Å². The summed E-state index contributed by atoms with van der Waals surface area (Å²) in [6, 6.07) is -1.06. The molecule has 2 aromatic rings. The molecule has 0 bridgehead atoms. The van der Waals surface area contributed by atoms with Crippen LogP contribution in [-0.2, 0) is 18.0 Å². The third-order valence-corrected chi connectivity index (χ3v) is 5.23. The van der Waals surface area contributed by atoms with Gasteiger partial charge >= 0.3 is 6.18 Å². The zero-order chi connectivity index (χ0) is 21.5. The maximum Gasteiger partial charge on any atom is 0.436 e. The number of nitrogens with zero attached hydrogens (tertiary/aromatic N) is 5. The summed E-state index contributed by atoms with van der Waals surface area (Å²) in [4.78, 5) is 26.3. The monoisotopic (exact) mass is 464 g/mol. The molecular formula is C16H20BrF3N6O2. The van der Waals surface area contributed by atoms with Gasteiger partial charge in [-0.1, -0.05) is 0 Å². The van der Waals surface area contributed by atoms with Gasteiger partial charge in [-0.2, -0.15) is 23.4 Å². The first kappa shape index (κ1) is 21.9. The zero-order valence-corrected chi connectivity index (χ0v) is 17.7. The minimum absolute atomic E-state index is 0.0416. The van der Waals surface area contributed by atoms with Crippen molar-refractivity contribution in [1.29, 1.82) is 0 Å². The van der Waals surface area contributed by atoms with E-state index in [2.05, 4.69) is 31.4 Å². The van der Waals surface area contributed by atoms with Crippen molar-refractivity contribution < 1.29 is 22.8 Å². The van der Waals surface area contributed by atoms with Gasteiger partial charge in [0.1, 0.15) is 6.04 Å². The maximum absolute atomic E-state index is 13.1. The first-order valence-electron chi connectivity index (χ1n) is 8.15. The van der Waals surface area contributed by atoms with Crippen LogP contribution >= 0.6 is 15.9 Å². The molecule has 2 heterocycles. The smallest absolute Gasteiger partial charge is 0.343 e. The number of aromatic nitrogens is 4. The molecule has 0 aromatic carbocycles. The number of hydrogen-bond donors (Lipinski definition) is 1. The second-order valence-corrected chi connectivity index (χ2v) is 7.28. The fourth-order valence-electron chi connectivity index (χ4n) is 2.51. The standard InChI is InChI=1S/C16H20BrF3N6O2/c1-7-10(17)13(16(18,19)20)23-26(7)9(3)14(27)21-11-8(2)25(6)22-12(11)15(28)24(4)5/h9H,1-6H3,(H,21,27). The number of hydrogen-bond acceptors (Lipinski definition) is 4. The summed E-state index contributed by atoms with van der Waals surface area (Å²) < 4.78 is 41.4. The summed E-state index contributed by atoms with van der Waals surface area (Å²) >= 11 is 2.88. The lowest BCUT2D eigenvalue weighted by molar-refractivity contribution is -0.142. The SMILES string of the molecule is Cc1c(NC(=O)C(C)n2nc(C(F)(F)F)c(Br)c2C)c(C(=O)N(C)C)nn1C. The molecule has 28 heavy (non-hydrogen) atoms. The topological polar surface area (TPSA) is 85.1 Å². The number of amides is 2. The number of carbonyl (C=O) groups excluding carboxylic acids is 2. The molecule has 1 N–H and O–H groups in total. The number of alkyl halides is 3. The number of anilines is 1. The van der Waals surface area contributed by atoms with Gasteiger partial charge in [0.15, 0.2) is 11.4 Å². The number of carbonyl (C=O) groups is 2. The van der Waals surface area contributed by atoms with Crippen LogP contribution in [0.25, 0.3) is 0 Å². The van der Waals surface area contributed by atoms with E-state index in [0.29, 0.717) is 5.69 Å². The fraction of sp³-hybridized carbons (Fsp3) is 0.500. The van der Waals surface area contributed by atoms with Crippen molar-refractivity contribution >= 4 is 33.4 Å². The highest BCUT2D eigenvalue weighted by Gasteiger charge is 2.39. The molecule has 2 rings (SSSR count). The minimum atomic E-state index is -4.66. The molecule has 0 aliphatic heterocycles. The quantitative estimate of drug-likeness (QED) is 0.753. The van der Waals surface area contributed by atoms with E-state index in [1.165, 1.54) is 23.4 Å². The molecule has 0 fully saturated rings. The largest absolute Gasteiger partial charge is 0.436 e. The molecule has 0 aliphatic rings. The Morgan fingerprint density at radius 2 is 1.75 bits per heavy atom. The van der Waals surface area contributed by atoms with E-state index in [1.54, 1.807) is 28.1 Å². The van der Waals surface area contributed by atoms with Crippen LogP contribution in [0.4, 0.5) is 18.9 Å². The van der Waals surface area contributed by atoms with Crippen LogP contribution < -0.4 is 5.32 Å². The van der Waals surface area contributed by atoms with Gasteiger partial charge in [-0.05, 0) is 36.7 Å². The molecule has 8 nitrogen and oxygen atoms in total. The fourth-order valence-corrected chi connectivity index (χ4v) is 3.00. The highest BCUT2D eigenvalue weighted by atomic mass is 79.9. The van der Waals surface area contributed by atoms with Crippen molar-refractivity contribution in [3.63, 3.8) is 0 Å². The number of halogens is 4. The number of nitrogens with one attached hydrogen (secondary N) is 1. The van der Waals surface area contributed by atoms with Crippen LogP contribution in [-0.4, -0.2) is 50.4 Å². The normalized spacial score (nSPS) is 12.8. The Labute approximate surface area is 167 Å². The van der Waals surface area contributed by atoms with Gasteiger partial charge in [-0.3, -0.25) is 19.0 Å². The van der Waals surface area contributed by atoms with Crippen molar-refractivity contribution in [1.82, 2.24) is 24.5 Å². The average Bonchev–Trinajstić information content (AvgIpc) is 3.04. The zero-order valence-electron chi connectivity index (χ0n) is 16.1. The summed E-state index contributed by atoms with van der Waals surface area (Å²) in [6.07, 6.45) is -4.66. The third kappa shape index (κ3) is 3.91. The molecule has 2 amide bonds. The summed E-state index contributed by atoms with van der Waals surface area (Å²) in [6.45, 7) is 4.50. The predicted molar refractivity (Wildman–Crippen MR) is 99.0 cm³/mol. The van der Waals surface area contributed by atoms with Crippen molar-refractivity contribution in [2.45, 2.75) is 33.0 Å². The van der Waals surface area contributed by atoms with E-state index >= 15 is 0 Å². The van der Waals surface area contributed by atoms with Gasteiger partial charge in [0.2, 0.25) is 5.91 Å². The van der Waals surface area contributed by atoms with Crippen LogP contribution in [0, 0.1) is 13.8 Å². The van der Waals surface area contributed by atoms with Gasteiger partial charge in [-0.15, -0.1) is 0 Å². The summed E-state index contributed by atoms with van der Waals surface area (Å²) in [5.74, 6) is -1.04. The van der Waals surface area contributed by atoms with E-state index in [0.717, 1.165) is 4.68 Å². The van der Waals surface area contributed by atoms with Gasteiger partial charge < -0.3 is 10.2 Å². The Morgan fingerprint density at radius 1 is 1.18 bits per heavy atom. The Bertz CT molecular complexity index is 932. The minimum Gasteiger partial charge on any atom is -0.343 e. The van der Waals surface area contributed by atoms with Gasteiger partial charge in [0.25, 0.3) is 5.91 Å². The molecule has 1 atom stereocenters. The maximum atomic E-state index is 13.1. The summed E-state index contributed by atoms with van der Waals surface area (Å²) in [7, 11) is 4.71. The Balaban J connectivity index is 2.38. The van der Waals surface area contributed by atoms with Crippen LogP contribution in [0.2, 0.25) is 0 Å². The lowest BCUT2D eigenvalue weighted by Crippen LogP contribution is -2.28. The number of rotatable bonds is 4. The van der Waals surface area contributed by atoms with E-state index in [-0.39, 0.29) is 21.5 Å². The van der Waals surface area contributed by atoms with Crippen molar-refractivity contribution in [2.75, 3.05) is 19.4 Å². The molecular weight excluding hydrogens is 445 g/mol. The summed E-state index contributed by atoms with van der Waals surface area (Å²) in [5, 5.41) is 10.3. The van der Waals surface area contributed by atoms with Crippen LogP contribution in [0.15, 0.2) is 4.47 Å². The number of aryl methyl sites for hydroxylation is 1. The predicted octanol–water partition coefficient (Wildman–Crippen LogP) is 2.92. The molecule has 154 valence electrons. The third-order valence-electron chi connectivity index (χ3n) is 4.28. The highest BCUT2D eigenvalue weighted by Crippen LogP contribution is 2.36. The highest BCUT2D eigenvalue weighted by molar-refractivity contribution is 9.10. The molecule has 2 aromatic heterocycles. The molecule has 12 heteroatoms. The first-order chi connectivity index (χ1) is 12.8. The molecule has 0 spiro atoms. The van der Waals surface area contributed by atoms with Crippen LogP contribution in [0.1, 0.15) is 40.5 Å². The molecule has 0 saturated heterocycles. The Morgan fingerprint density at radius 3 is 2.21 bits per heavy atom. The van der Waals surface area contributed by atoms with E-state index in [4.69, 9.17) is 0 Å². The molecule has 1 unspecified atom stereocenters. The van der Waals surface area contributed by atoms with Gasteiger partial charge in [0.05, 0.1) is 21.5 Å². The van der Waals surface area contributed by atoms with Crippen LogP contribution in [0.3, 0.4) is 0 Å². The molecule has 0 radical (unpaired) electrons. The van der Waals surface area contributed by atoms with Crippen molar-refractivity contribution in [3.8, 4) is 0 Å². The lowest BCUT2D eigenvalue weighted by atomic mass is 10.2. The van der Waals surface area contributed by atoms with E-state index in [1.807, 2.05) is 0 Å². The molecule has 0 saturated carbocycles. The van der Waals surface area contributed by atoms with Gasteiger partial charge in [0, 0.05) is 21.1 Å². The second kappa shape index (κ2) is 7.57. The van der Waals surface area contributed by atoms with Crippen molar-refractivity contribution in [3.05, 3.63) is 27.2 Å². The Kier molecular flexibility index (Phi) is 5.93. The Hall–Kier alpha value is -2.37. The second-order valence-electron chi connectivity index (χ2n) is 6.49. The van der Waals surface area contributed by atoms with E-state index in [9.17, 15) is 22.8 Å². The first-order valence-corrected chi connectivity index (χ1v) is 8.94. The van der Waals surface area contributed by atoms with Crippen molar-refractivity contribution in [2.24, 2.45) is 7.05 Å². The van der Waals surface area contributed by atoms with E-state index < -0.39 is 29.7 Å². The van der Waals surface area contributed by atoms with Gasteiger partial charge in [-0.25, -0.2) is 0 Å². The average molecular weight is 465 g/mol. The molecule has 0 aliphatic carbocycles. The summed E-state index contributed by atoms with van der Waals surface area (Å²) in [5.41, 5.74) is -0.175. The lowest BCUT2D eigenvalue weighted by Gasteiger charge is -2.16.